The van der Waals surface area contributed by atoms with E-state index in [4.69, 9.17) is 0 Å². The summed E-state index contributed by atoms with van der Waals surface area (Å²) in [5.41, 5.74) is 0. The van der Waals surface area contributed by atoms with Crippen molar-refractivity contribution in [3.63, 3.8) is 0 Å². The van der Waals surface area contributed by atoms with Gasteiger partial charge in [0.05, 0.1) is 0 Å². The molecule has 1 N–H and O–H groups in total. The fourth-order valence-electron chi connectivity index (χ4n) is 1.09. The predicted octanol–water partition coefficient (Wildman–Crippen LogP) is 1.65. The highest BCUT2D eigenvalue weighted by Crippen LogP contribution is 2.07. The lowest BCUT2D eigenvalue weighted by atomic mass is 10.3. The van der Waals surface area contributed by atoms with E-state index in [-0.39, 0.29) is 5.25 Å². The average molecular weight is 231 g/mol. The van der Waals surface area contributed by atoms with E-state index < -0.39 is 10.8 Å². The first-order valence-electron chi connectivity index (χ1n) is 4.75. The Hall–Kier alpha value is -0.190. The van der Waals surface area contributed by atoms with E-state index in [0.717, 1.165) is 19.5 Å². The van der Waals surface area contributed by atoms with Crippen molar-refractivity contribution in [3.05, 3.63) is 22.4 Å². The quantitative estimate of drug-likeness (QED) is 0.754. The Bertz CT molecular complexity index is 272. The highest BCUT2D eigenvalue weighted by Gasteiger charge is 2.04. The monoisotopic (exact) mass is 231 g/mol. The minimum atomic E-state index is -0.710. The number of nitrogens with one attached hydrogen (secondary N) is 1. The third-order valence-corrected chi connectivity index (χ3v) is 4.36. The lowest BCUT2D eigenvalue weighted by Crippen LogP contribution is -2.28. The fourth-order valence-corrected chi connectivity index (χ4v) is 2.15. The van der Waals surface area contributed by atoms with E-state index in [1.165, 1.54) is 4.88 Å². The van der Waals surface area contributed by atoms with Crippen LogP contribution < -0.4 is 5.32 Å². The largest absolute Gasteiger partial charge is 0.315 e. The van der Waals surface area contributed by atoms with Crippen LogP contribution >= 0.6 is 11.3 Å². The zero-order valence-corrected chi connectivity index (χ0v) is 10.3. The van der Waals surface area contributed by atoms with E-state index >= 15 is 0 Å². The third kappa shape index (κ3) is 4.35. The Morgan fingerprint density at radius 1 is 1.64 bits per heavy atom. The van der Waals surface area contributed by atoms with Crippen molar-refractivity contribution < 1.29 is 4.21 Å². The number of rotatable bonds is 6. The molecule has 4 heteroatoms. The summed E-state index contributed by atoms with van der Waals surface area (Å²) >= 11 is 1.79. The number of hydrogen-bond acceptors (Lipinski definition) is 3. The maximum atomic E-state index is 11.0. The van der Waals surface area contributed by atoms with Gasteiger partial charge in [-0.3, -0.25) is 4.21 Å². The molecule has 1 heterocycles. The standard InChI is InChI=1S/C10H17NOS2/c1-9(14(2)12)8-11-6-5-10-4-3-7-13-10/h3-4,7,9,11H,5-6,8H2,1-2H3. The Morgan fingerprint density at radius 3 is 3.00 bits per heavy atom. The zero-order valence-electron chi connectivity index (χ0n) is 8.66. The Labute approximate surface area is 92.2 Å². The van der Waals surface area contributed by atoms with Gasteiger partial charge in [-0.1, -0.05) is 6.07 Å². The molecule has 2 nitrogen and oxygen atoms in total. The van der Waals surface area contributed by atoms with Crippen LogP contribution in [0.2, 0.25) is 0 Å². The summed E-state index contributed by atoms with van der Waals surface area (Å²) in [6.45, 7) is 3.82. The highest BCUT2D eigenvalue weighted by atomic mass is 32.2. The predicted molar refractivity (Wildman–Crippen MR) is 64.4 cm³/mol. The first-order valence-corrected chi connectivity index (χ1v) is 7.25. The van der Waals surface area contributed by atoms with Crippen LogP contribution in [0.1, 0.15) is 11.8 Å². The fraction of sp³-hybridized carbons (Fsp3) is 0.600. The SMILES string of the molecule is CC(CNCCc1cccs1)S(C)=O. The summed E-state index contributed by atoms with van der Waals surface area (Å²) in [5.74, 6) is 0. The van der Waals surface area contributed by atoms with E-state index in [1.54, 1.807) is 17.6 Å². The van der Waals surface area contributed by atoms with Crippen LogP contribution in [0.4, 0.5) is 0 Å². The molecule has 0 aliphatic heterocycles. The minimum Gasteiger partial charge on any atom is -0.315 e. The topological polar surface area (TPSA) is 29.1 Å². The molecular weight excluding hydrogens is 214 g/mol. The lowest BCUT2D eigenvalue weighted by molar-refractivity contribution is 0.647. The molecule has 1 rings (SSSR count). The summed E-state index contributed by atoms with van der Waals surface area (Å²) in [5, 5.41) is 5.66. The van der Waals surface area contributed by atoms with E-state index in [2.05, 4.69) is 22.8 Å². The van der Waals surface area contributed by atoms with Crippen LogP contribution in [0.25, 0.3) is 0 Å². The zero-order chi connectivity index (χ0) is 10.4. The van der Waals surface area contributed by atoms with Gasteiger partial charge in [-0.05, 0) is 31.3 Å². The Kier molecular flexibility index (Phi) is 5.37. The van der Waals surface area contributed by atoms with Crippen LogP contribution in [0, 0.1) is 0 Å². The first kappa shape index (κ1) is 11.9. The van der Waals surface area contributed by atoms with Crippen LogP contribution in [-0.2, 0) is 17.2 Å². The number of thiophene rings is 1. The van der Waals surface area contributed by atoms with Crippen LogP contribution in [-0.4, -0.2) is 28.8 Å². The molecule has 0 aliphatic carbocycles. The van der Waals surface area contributed by atoms with Crippen LogP contribution in [0.15, 0.2) is 17.5 Å². The van der Waals surface area contributed by atoms with Crippen molar-refractivity contribution in [1.82, 2.24) is 5.32 Å². The van der Waals surface area contributed by atoms with Gasteiger partial charge < -0.3 is 5.32 Å². The van der Waals surface area contributed by atoms with E-state index in [0.29, 0.717) is 0 Å². The van der Waals surface area contributed by atoms with Gasteiger partial charge in [0, 0.05) is 33.7 Å². The molecule has 1 aromatic heterocycles. The highest BCUT2D eigenvalue weighted by molar-refractivity contribution is 7.84. The molecule has 14 heavy (non-hydrogen) atoms. The van der Waals surface area contributed by atoms with Crippen LogP contribution in [0.5, 0.6) is 0 Å². The van der Waals surface area contributed by atoms with Gasteiger partial charge in [0.15, 0.2) is 0 Å². The Morgan fingerprint density at radius 2 is 2.43 bits per heavy atom. The summed E-state index contributed by atoms with van der Waals surface area (Å²) < 4.78 is 11.0. The molecule has 0 fully saturated rings. The van der Waals surface area contributed by atoms with Gasteiger partial charge in [-0.25, -0.2) is 0 Å². The van der Waals surface area contributed by atoms with Crippen molar-refractivity contribution in [2.45, 2.75) is 18.6 Å². The molecule has 2 atom stereocenters. The molecule has 0 spiro atoms. The van der Waals surface area contributed by atoms with Crippen molar-refractivity contribution >= 4 is 22.1 Å². The molecule has 0 saturated carbocycles. The van der Waals surface area contributed by atoms with Gasteiger partial charge >= 0.3 is 0 Å². The molecule has 0 saturated heterocycles. The molecule has 1 aromatic rings. The smallest absolute Gasteiger partial charge is 0.0441 e. The number of hydrogen-bond donors (Lipinski definition) is 1. The molecule has 0 aliphatic rings. The lowest BCUT2D eigenvalue weighted by Gasteiger charge is -2.08. The van der Waals surface area contributed by atoms with Gasteiger partial charge in [0.25, 0.3) is 0 Å². The molecule has 2 unspecified atom stereocenters. The van der Waals surface area contributed by atoms with Crippen LogP contribution in [0.3, 0.4) is 0 Å². The molecule has 0 bridgehead atoms. The van der Waals surface area contributed by atoms with Gasteiger partial charge in [0.2, 0.25) is 0 Å². The van der Waals surface area contributed by atoms with Crippen molar-refractivity contribution in [2.75, 3.05) is 19.3 Å². The van der Waals surface area contributed by atoms with E-state index in [9.17, 15) is 4.21 Å². The molecule has 0 aromatic carbocycles. The minimum absolute atomic E-state index is 0.248. The summed E-state index contributed by atoms with van der Waals surface area (Å²) in [4.78, 5) is 1.41. The second kappa shape index (κ2) is 6.32. The second-order valence-corrected chi connectivity index (χ2v) is 6.18. The molecule has 0 radical (unpaired) electrons. The molecular formula is C10H17NOS2. The van der Waals surface area contributed by atoms with Crippen molar-refractivity contribution in [1.29, 1.82) is 0 Å². The average Bonchev–Trinajstić information content (AvgIpc) is 2.64. The van der Waals surface area contributed by atoms with Gasteiger partial charge in [-0.15, -0.1) is 11.3 Å². The summed E-state index contributed by atoms with van der Waals surface area (Å²) in [6.07, 6.45) is 2.83. The van der Waals surface area contributed by atoms with Gasteiger partial charge in [-0.2, -0.15) is 0 Å². The van der Waals surface area contributed by atoms with Crippen molar-refractivity contribution in [3.8, 4) is 0 Å². The summed E-state index contributed by atoms with van der Waals surface area (Å²) in [7, 11) is -0.710. The second-order valence-electron chi connectivity index (χ2n) is 3.34. The maximum Gasteiger partial charge on any atom is 0.0441 e. The van der Waals surface area contributed by atoms with Crippen molar-refractivity contribution in [2.24, 2.45) is 0 Å². The van der Waals surface area contributed by atoms with Gasteiger partial charge in [0.1, 0.15) is 0 Å². The van der Waals surface area contributed by atoms with E-state index in [1.807, 2.05) is 6.92 Å². The first-order chi connectivity index (χ1) is 6.70. The Balaban J connectivity index is 2.08. The maximum absolute atomic E-state index is 11.0. The normalized spacial score (nSPS) is 15.3. The summed E-state index contributed by atoms with van der Waals surface area (Å²) in [6, 6.07) is 4.22. The molecule has 0 amide bonds. The third-order valence-electron chi connectivity index (χ3n) is 2.13. The molecule has 80 valence electrons.